The summed E-state index contributed by atoms with van der Waals surface area (Å²) in [6.45, 7) is -0.485. The molecule has 0 fully saturated rings. The van der Waals surface area contributed by atoms with E-state index < -0.39 is 22.5 Å². The second kappa shape index (κ2) is 9.05. The predicted molar refractivity (Wildman–Crippen MR) is 118 cm³/mol. The van der Waals surface area contributed by atoms with Crippen LogP contribution in [-0.4, -0.2) is 20.9 Å². The Morgan fingerprint density at radius 2 is 1.48 bits per heavy atom. The van der Waals surface area contributed by atoms with E-state index in [1.54, 1.807) is 42.5 Å². The number of anilines is 2. The van der Waals surface area contributed by atoms with Gasteiger partial charge in [-0.1, -0.05) is 53.0 Å². The molecule has 29 heavy (non-hydrogen) atoms. The van der Waals surface area contributed by atoms with E-state index in [4.69, 9.17) is 34.8 Å². The van der Waals surface area contributed by atoms with Crippen molar-refractivity contribution in [1.29, 1.82) is 0 Å². The molecule has 0 saturated carbocycles. The molecule has 1 amide bonds. The van der Waals surface area contributed by atoms with Crippen LogP contribution in [0.3, 0.4) is 0 Å². The van der Waals surface area contributed by atoms with Gasteiger partial charge in [0.25, 0.3) is 10.0 Å². The number of sulfonamides is 1. The molecule has 3 aromatic carbocycles. The third kappa shape index (κ3) is 5.22. The lowest BCUT2D eigenvalue weighted by Crippen LogP contribution is -2.38. The highest BCUT2D eigenvalue weighted by molar-refractivity contribution is 7.92. The summed E-state index contributed by atoms with van der Waals surface area (Å²) in [6.07, 6.45) is 0. The smallest absolute Gasteiger partial charge is 0.264 e. The molecular weight excluding hydrogens is 455 g/mol. The van der Waals surface area contributed by atoms with Gasteiger partial charge in [-0.2, -0.15) is 0 Å². The number of carbonyl (C=O) groups excluding carboxylic acids is 1. The molecule has 0 bridgehead atoms. The van der Waals surface area contributed by atoms with Crippen LogP contribution >= 0.6 is 34.8 Å². The van der Waals surface area contributed by atoms with Crippen LogP contribution in [0.15, 0.2) is 77.7 Å². The summed E-state index contributed by atoms with van der Waals surface area (Å²) in [4.78, 5) is 12.7. The van der Waals surface area contributed by atoms with Crippen LogP contribution in [-0.2, 0) is 14.8 Å². The molecule has 9 heteroatoms. The molecule has 0 aliphatic rings. The van der Waals surface area contributed by atoms with E-state index in [9.17, 15) is 13.2 Å². The maximum absolute atomic E-state index is 13.2. The highest BCUT2D eigenvalue weighted by Crippen LogP contribution is 2.32. The largest absolute Gasteiger partial charge is 0.325 e. The fraction of sp³-hybridized carbons (Fsp3) is 0.0500. The lowest BCUT2D eigenvalue weighted by Gasteiger charge is -2.25. The first kappa shape index (κ1) is 21.5. The zero-order valence-electron chi connectivity index (χ0n) is 14.8. The molecule has 0 aromatic heterocycles. The summed E-state index contributed by atoms with van der Waals surface area (Å²) in [5.74, 6) is -0.544. The Bertz CT molecular complexity index is 1120. The Morgan fingerprint density at radius 1 is 0.862 bits per heavy atom. The monoisotopic (exact) mass is 468 g/mol. The van der Waals surface area contributed by atoms with Crippen molar-refractivity contribution in [3.8, 4) is 0 Å². The molecule has 150 valence electrons. The first-order chi connectivity index (χ1) is 13.8. The van der Waals surface area contributed by atoms with E-state index in [1.807, 2.05) is 0 Å². The van der Waals surface area contributed by atoms with E-state index in [0.717, 1.165) is 4.31 Å². The molecule has 0 atom stereocenters. The molecule has 0 spiro atoms. The van der Waals surface area contributed by atoms with Crippen LogP contribution < -0.4 is 9.62 Å². The van der Waals surface area contributed by atoms with Crippen molar-refractivity contribution in [2.24, 2.45) is 0 Å². The average Bonchev–Trinajstić information content (AvgIpc) is 2.69. The van der Waals surface area contributed by atoms with Crippen molar-refractivity contribution in [1.82, 2.24) is 0 Å². The third-order valence-corrected chi connectivity index (χ3v) is 6.49. The number of carbonyl (C=O) groups is 1. The molecule has 3 rings (SSSR count). The standard InChI is InChI=1S/C20H15Cl3N2O3S/c21-14-6-9-16(10-7-14)24-20(26)13-25(19-11-8-15(22)12-18(19)23)29(27,28)17-4-2-1-3-5-17/h1-12H,13H2,(H,24,26). The lowest BCUT2D eigenvalue weighted by molar-refractivity contribution is -0.114. The fourth-order valence-electron chi connectivity index (χ4n) is 2.57. The van der Waals surface area contributed by atoms with E-state index in [-0.39, 0.29) is 15.6 Å². The zero-order chi connectivity index (χ0) is 21.0. The number of nitrogens with zero attached hydrogens (tertiary/aromatic N) is 1. The van der Waals surface area contributed by atoms with Gasteiger partial charge in [0, 0.05) is 15.7 Å². The maximum Gasteiger partial charge on any atom is 0.264 e. The maximum atomic E-state index is 13.2. The number of nitrogens with one attached hydrogen (secondary N) is 1. The highest BCUT2D eigenvalue weighted by atomic mass is 35.5. The van der Waals surface area contributed by atoms with Crippen LogP contribution in [0.4, 0.5) is 11.4 Å². The Labute approximate surface area is 183 Å². The summed E-state index contributed by atoms with van der Waals surface area (Å²) in [7, 11) is -4.06. The second-order valence-electron chi connectivity index (χ2n) is 5.98. The molecule has 0 aliphatic heterocycles. The van der Waals surface area contributed by atoms with Gasteiger partial charge in [0.1, 0.15) is 6.54 Å². The van der Waals surface area contributed by atoms with E-state index in [0.29, 0.717) is 15.7 Å². The van der Waals surface area contributed by atoms with Gasteiger partial charge in [-0.25, -0.2) is 8.42 Å². The van der Waals surface area contributed by atoms with Gasteiger partial charge in [-0.15, -0.1) is 0 Å². The van der Waals surface area contributed by atoms with Gasteiger partial charge < -0.3 is 5.32 Å². The number of rotatable bonds is 6. The molecule has 0 heterocycles. The Hall–Kier alpha value is -2.25. The van der Waals surface area contributed by atoms with E-state index in [1.165, 1.54) is 30.3 Å². The lowest BCUT2D eigenvalue weighted by atomic mass is 10.3. The zero-order valence-corrected chi connectivity index (χ0v) is 17.9. The SMILES string of the molecule is O=C(CN(c1ccc(Cl)cc1Cl)S(=O)(=O)c1ccccc1)Nc1ccc(Cl)cc1. The van der Waals surface area contributed by atoms with Gasteiger partial charge in [0.05, 0.1) is 15.6 Å². The number of hydrogen-bond donors (Lipinski definition) is 1. The van der Waals surface area contributed by atoms with Gasteiger partial charge in [-0.05, 0) is 54.6 Å². The fourth-order valence-corrected chi connectivity index (χ4v) is 4.71. The molecule has 3 aromatic rings. The van der Waals surface area contributed by atoms with Crippen molar-refractivity contribution < 1.29 is 13.2 Å². The van der Waals surface area contributed by atoms with Crippen molar-refractivity contribution in [2.75, 3.05) is 16.2 Å². The van der Waals surface area contributed by atoms with Crippen LogP contribution in [0.5, 0.6) is 0 Å². The third-order valence-electron chi connectivity index (χ3n) is 3.92. The average molecular weight is 470 g/mol. The van der Waals surface area contributed by atoms with Crippen molar-refractivity contribution in [2.45, 2.75) is 4.90 Å². The van der Waals surface area contributed by atoms with E-state index in [2.05, 4.69) is 5.32 Å². The van der Waals surface area contributed by atoms with Crippen LogP contribution in [0.25, 0.3) is 0 Å². The first-order valence-corrected chi connectivity index (χ1v) is 10.9. The topological polar surface area (TPSA) is 66.5 Å². The molecule has 0 aliphatic carbocycles. The summed E-state index contributed by atoms with van der Waals surface area (Å²) in [5, 5.41) is 3.62. The number of benzene rings is 3. The minimum Gasteiger partial charge on any atom is -0.325 e. The Balaban J connectivity index is 1.96. The van der Waals surface area contributed by atoms with Gasteiger partial charge in [0.2, 0.25) is 5.91 Å². The molecule has 0 unspecified atom stereocenters. The summed E-state index contributed by atoms with van der Waals surface area (Å²) >= 11 is 18.0. The van der Waals surface area contributed by atoms with Crippen LogP contribution in [0.2, 0.25) is 15.1 Å². The Kier molecular flexibility index (Phi) is 6.70. The Morgan fingerprint density at radius 3 is 2.10 bits per heavy atom. The summed E-state index contributed by atoms with van der Waals surface area (Å²) < 4.78 is 27.4. The summed E-state index contributed by atoms with van der Waals surface area (Å²) in [6, 6.07) is 18.6. The number of amides is 1. The van der Waals surface area contributed by atoms with Crippen molar-refractivity contribution >= 4 is 62.1 Å². The molecule has 0 radical (unpaired) electrons. The molecule has 0 saturated heterocycles. The highest BCUT2D eigenvalue weighted by Gasteiger charge is 2.28. The van der Waals surface area contributed by atoms with Crippen molar-refractivity contribution in [3.05, 3.63) is 87.9 Å². The number of hydrogen-bond acceptors (Lipinski definition) is 3. The summed E-state index contributed by atoms with van der Waals surface area (Å²) in [5.41, 5.74) is 0.629. The minimum atomic E-state index is -4.06. The van der Waals surface area contributed by atoms with Gasteiger partial charge >= 0.3 is 0 Å². The van der Waals surface area contributed by atoms with Crippen LogP contribution in [0, 0.1) is 0 Å². The van der Waals surface area contributed by atoms with Crippen molar-refractivity contribution in [3.63, 3.8) is 0 Å². The normalized spacial score (nSPS) is 11.1. The molecule has 5 nitrogen and oxygen atoms in total. The molecule has 1 N–H and O–H groups in total. The minimum absolute atomic E-state index is 0.0327. The van der Waals surface area contributed by atoms with Crippen LogP contribution in [0.1, 0.15) is 0 Å². The second-order valence-corrected chi connectivity index (χ2v) is 9.12. The quantitative estimate of drug-likeness (QED) is 0.520. The molecular formula is C20H15Cl3N2O3S. The van der Waals surface area contributed by atoms with Gasteiger partial charge in [0.15, 0.2) is 0 Å². The van der Waals surface area contributed by atoms with Gasteiger partial charge in [-0.3, -0.25) is 9.10 Å². The predicted octanol–water partition coefficient (Wildman–Crippen LogP) is 5.48. The first-order valence-electron chi connectivity index (χ1n) is 8.35. The number of halogens is 3. The van der Waals surface area contributed by atoms with E-state index >= 15 is 0 Å².